The molecule has 3 rings (SSSR count). The van der Waals surface area contributed by atoms with Gasteiger partial charge in [0.25, 0.3) is 0 Å². The van der Waals surface area contributed by atoms with E-state index in [1.54, 1.807) is 0 Å². The van der Waals surface area contributed by atoms with Crippen LogP contribution < -0.4 is 15.9 Å². The number of nitrogens with zero attached hydrogens (tertiary/aromatic N) is 4. The zero-order valence-corrected chi connectivity index (χ0v) is 10.5. The van der Waals surface area contributed by atoms with Crippen molar-refractivity contribution in [2.45, 2.75) is 19.4 Å². The second-order valence-corrected chi connectivity index (χ2v) is 5.14. The smallest absolute Gasteiger partial charge is 0.348 e. The van der Waals surface area contributed by atoms with E-state index in [-0.39, 0.29) is 11.2 Å². The Kier molecular flexibility index (Phi) is 2.37. The van der Waals surface area contributed by atoms with Gasteiger partial charge >= 0.3 is 5.69 Å². The first-order valence-electron chi connectivity index (χ1n) is 5.99. The lowest BCUT2D eigenvalue weighted by molar-refractivity contribution is 0.378. The minimum Gasteiger partial charge on any atom is -0.349 e. The Labute approximate surface area is 104 Å². The third kappa shape index (κ3) is 1.67. The summed E-state index contributed by atoms with van der Waals surface area (Å²) in [4.78, 5) is 18.0. The summed E-state index contributed by atoms with van der Waals surface area (Å²) in [6, 6.07) is 1.84. The van der Waals surface area contributed by atoms with Gasteiger partial charge < -0.3 is 10.2 Å². The molecule has 96 valence electrons. The number of nitrogens with one attached hydrogen (secondary N) is 2. The van der Waals surface area contributed by atoms with Crippen LogP contribution in [0.15, 0.2) is 17.2 Å². The van der Waals surface area contributed by atoms with Gasteiger partial charge in [-0.15, -0.1) is 0 Å². The number of hydrogen-bond donors (Lipinski definition) is 2. The van der Waals surface area contributed by atoms with Gasteiger partial charge in [-0.3, -0.25) is 0 Å². The molecule has 3 heterocycles. The lowest BCUT2D eigenvalue weighted by atomic mass is 10.0. The largest absolute Gasteiger partial charge is 0.349 e. The lowest BCUT2D eigenvalue weighted by Gasteiger charge is -2.43. The number of aromatic nitrogens is 4. The van der Waals surface area contributed by atoms with Crippen LogP contribution in [0.25, 0.3) is 5.65 Å². The quantitative estimate of drug-likeness (QED) is 0.718. The number of rotatable bonds is 1. The van der Waals surface area contributed by atoms with Crippen LogP contribution in [-0.2, 0) is 0 Å². The molecule has 1 saturated heterocycles. The Morgan fingerprint density at radius 2 is 2.28 bits per heavy atom. The van der Waals surface area contributed by atoms with E-state index in [9.17, 15) is 4.79 Å². The summed E-state index contributed by atoms with van der Waals surface area (Å²) in [5, 5.41) is 9.75. The van der Waals surface area contributed by atoms with Crippen molar-refractivity contribution in [3.05, 3.63) is 22.9 Å². The molecular formula is C11H16N6O. The van der Waals surface area contributed by atoms with Crippen LogP contribution >= 0.6 is 0 Å². The highest BCUT2D eigenvalue weighted by Crippen LogP contribution is 2.23. The van der Waals surface area contributed by atoms with E-state index in [1.807, 2.05) is 6.07 Å². The molecular weight excluding hydrogens is 232 g/mol. The Bertz CT molecular complexity index is 628. The Morgan fingerprint density at radius 3 is 3.06 bits per heavy atom. The molecule has 0 saturated carbocycles. The van der Waals surface area contributed by atoms with Gasteiger partial charge in [-0.05, 0) is 13.8 Å². The molecule has 2 aromatic rings. The third-order valence-electron chi connectivity index (χ3n) is 3.37. The molecule has 0 aliphatic carbocycles. The van der Waals surface area contributed by atoms with Gasteiger partial charge in [0.15, 0.2) is 5.65 Å². The van der Waals surface area contributed by atoms with E-state index >= 15 is 0 Å². The van der Waals surface area contributed by atoms with Crippen molar-refractivity contribution in [1.82, 2.24) is 24.9 Å². The molecule has 1 aliphatic heterocycles. The van der Waals surface area contributed by atoms with E-state index < -0.39 is 0 Å². The first kappa shape index (κ1) is 11.2. The molecule has 2 N–H and O–H groups in total. The van der Waals surface area contributed by atoms with Crippen molar-refractivity contribution in [2.24, 2.45) is 0 Å². The van der Waals surface area contributed by atoms with Crippen LogP contribution in [0.1, 0.15) is 13.8 Å². The Morgan fingerprint density at radius 1 is 1.44 bits per heavy atom. The third-order valence-corrected chi connectivity index (χ3v) is 3.37. The highest BCUT2D eigenvalue weighted by atomic mass is 16.1. The number of anilines is 1. The highest BCUT2D eigenvalue weighted by molar-refractivity contribution is 5.52. The molecule has 0 aromatic carbocycles. The zero-order valence-electron chi connectivity index (χ0n) is 10.5. The first-order valence-corrected chi connectivity index (χ1v) is 5.99. The van der Waals surface area contributed by atoms with Crippen molar-refractivity contribution in [2.75, 3.05) is 24.5 Å². The zero-order chi connectivity index (χ0) is 12.8. The summed E-state index contributed by atoms with van der Waals surface area (Å²) < 4.78 is 1.40. The summed E-state index contributed by atoms with van der Waals surface area (Å²) in [5.74, 6) is 0.855. The van der Waals surface area contributed by atoms with Gasteiger partial charge in [0.1, 0.15) is 12.1 Å². The van der Waals surface area contributed by atoms with Crippen LogP contribution in [0.2, 0.25) is 0 Å². The Hall–Kier alpha value is -1.89. The summed E-state index contributed by atoms with van der Waals surface area (Å²) >= 11 is 0. The SMILES string of the molecule is CC1(C)CNCCN1c1cc2n[nH]c(=O)n2cn1. The summed E-state index contributed by atoms with van der Waals surface area (Å²) in [6.45, 7) is 7.07. The normalized spacial score (nSPS) is 19.3. The van der Waals surface area contributed by atoms with Crippen LogP contribution in [-0.4, -0.2) is 44.8 Å². The number of piperazine rings is 1. The molecule has 1 fully saturated rings. The van der Waals surface area contributed by atoms with E-state index in [0.29, 0.717) is 5.65 Å². The van der Waals surface area contributed by atoms with E-state index in [4.69, 9.17) is 0 Å². The average molecular weight is 248 g/mol. The fraction of sp³-hybridized carbons (Fsp3) is 0.545. The first-order chi connectivity index (χ1) is 8.58. The molecule has 2 aromatic heterocycles. The topological polar surface area (TPSA) is 78.3 Å². The fourth-order valence-electron chi connectivity index (χ4n) is 2.36. The van der Waals surface area contributed by atoms with E-state index in [1.165, 1.54) is 10.7 Å². The van der Waals surface area contributed by atoms with Gasteiger partial charge in [0, 0.05) is 31.2 Å². The van der Waals surface area contributed by atoms with Crippen LogP contribution in [0, 0.1) is 0 Å². The molecule has 0 bridgehead atoms. The van der Waals surface area contributed by atoms with Crippen molar-refractivity contribution >= 4 is 11.5 Å². The molecule has 0 amide bonds. The number of H-pyrrole nitrogens is 1. The summed E-state index contributed by atoms with van der Waals surface area (Å²) in [6.07, 6.45) is 1.52. The van der Waals surface area contributed by atoms with E-state index in [2.05, 4.69) is 39.2 Å². The minimum atomic E-state index is -0.261. The maximum absolute atomic E-state index is 11.4. The average Bonchev–Trinajstić information content (AvgIpc) is 2.70. The standard InChI is InChI=1S/C11H16N6O/c1-11(2)6-12-3-4-17(11)8-5-9-14-15-10(18)16(9)7-13-8/h5,7,12H,3-4,6H2,1-2H3,(H,15,18). The monoisotopic (exact) mass is 248 g/mol. The van der Waals surface area contributed by atoms with Gasteiger partial charge in [-0.1, -0.05) is 0 Å². The second-order valence-electron chi connectivity index (χ2n) is 5.14. The predicted octanol–water partition coefficient (Wildman–Crippen LogP) is -0.394. The van der Waals surface area contributed by atoms with Crippen molar-refractivity contribution in [1.29, 1.82) is 0 Å². The molecule has 0 spiro atoms. The van der Waals surface area contributed by atoms with Gasteiger partial charge in [-0.2, -0.15) is 5.10 Å². The summed E-state index contributed by atoms with van der Waals surface area (Å²) in [5.41, 5.74) is 0.336. The van der Waals surface area contributed by atoms with Crippen molar-refractivity contribution in [3.8, 4) is 0 Å². The predicted molar refractivity (Wildman–Crippen MR) is 67.9 cm³/mol. The molecule has 0 unspecified atom stereocenters. The van der Waals surface area contributed by atoms with Gasteiger partial charge in [0.2, 0.25) is 0 Å². The molecule has 18 heavy (non-hydrogen) atoms. The van der Waals surface area contributed by atoms with Crippen LogP contribution in [0.5, 0.6) is 0 Å². The molecule has 0 atom stereocenters. The van der Waals surface area contributed by atoms with Crippen LogP contribution in [0.3, 0.4) is 0 Å². The number of aromatic amines is 1. The Balaban J connectivity index is 2.05. The number of hydrogen-bond acceptors (Lipinski definition) is 5. The maximum atomic E-state index is 11.4. The van der Waals surface area contributed by atoms with Gasteiger partial charge in [-0.25, -0.2) is 19.3 Å². The van der Waals surface area contributed by atoms with E-state index in [0.717, 1.165) is 25.5 Å². The van der Waals surface area contributed by atoms with Crippen molar-refractivity contribution in [3.63, 3.8) is 0 Å². The minimum absolute atomic E-state index is 0.000194. The number of fused-ring (bicyclic) bond motifs is 1. The molecule has 7 heteroatoms. The fourth-order valence-corrected chi connectivity index (χ4v) is 2.36. The van der Waals surface area contributed by atoms with Crippen LogP contribution in [0.4, 0.5) is 5.82 Å². The molecule has 1 aliphatic rings. The molecule has 7 nitrogen and oxygen atoms in total. The molecule has 0 radical (unpaired) electrons. The highest BCUT2D eigenvalue weighted by Gasteiger charge is 2.30. The maximum Gasteiger partial charge on any atom is 0.348 e. The second kappa shape index (κ2) is 3.81. The lowest BCUT2D eigenvalue weighted by Crippen LogP contribution is -2.58. The van der Waals surface area contributed by atoms with Gasteiger partial charge in [0.05, 0.1) is 0 Å². The van der Waals surface area contributed by atoms with Crippen molar-refractivity contribution < 1.29 is 0 Å². The summed E-state index contributed by atoms with van der Waals surface area (Å²) in [7, 11) is 0.